The fourth-order valence-corrected chi connectivity index (χ4v) is 3.10. The van der Waals surface area contributed by atoms with E-state index in [0.717, 1.165) is 75.0 Å². The van der Waals surface area contributed by atoms with Crippen LogP contribution in [0.4, 0.5) is 0 Å². The summed E-state index contributed by atoms with van der Waals surface area (Å²) in [6.45, 7) is 9.00. The summed E-state index contributed by atoms with van der Waals surface area (Å²) in [6.07, 6.45) is 7.19. The second-order valence-corrected chi connectivity index (χ2v) is 7.15. The van der Waals surface area contributed by atoms with Gasteiger partial charge in [-0.05, 0) is 31.2 Å². The van der Waals surface area contributed by atoms with E-state index in [0.29, 0.717) is 11.8 Å². The predicted octanol–water partition coefficient (Wildman–Crippen LogP) is 3.63. The molecule has 0 radical (unpaired) electrons. The zero-order valence-corrected chi connectivity index (χ0v) is 15.6. The van der Waals surface area contributed by atoms with E-state index in [-0.39, 0.29) is 0 Å². The van der Waals surface area contributed by atoms with E-state index in [1.165, 1.54) is 0 Å². The Kier molecular flexibility index (Phi) is 6.13. The minimum atomic E-state index is 0.298. The number of ether oxygens (including phenoxy) is 1. The molecule has 0 amide bonds. The summed E-state index contributed by atoms with van der Waals surface area (Å²) in [5.41, 5.74) is 0.876. The number of hydrogen-bond acceptors (Lipinski definition) is 5. The Morgan fingerprint density at radius 3 is 2.76 bits per heavy atom. The third kappa shape index (κ3) is 4.63. The van der Waals surface area contributed by atoms with Crippen molar-refractivity contribution in [1.82, 2.24) is 24.7 Å². The van der Waals surface area contributed by atoms with E-state index in [9.17, 15) is 0 Å². The van der Waals surface area contributed by atoms with E-state index < -0.39 is 0 Å². The van der Waals surface area contributed by atoms with E-state index >= 15 is 0 Å². The average Bonchev–Trinajstić information content (AvgIpc) is 3.03. The zero-order valence-electron chi connectivity index (χ0n) is 15.6. The molecule has 0 aliphatic carbocycles. The molecule has 2 aromatic rings. The molecule has 0 aromatic carbocycles. The van der Waals surface area contributed by atoms with E-state index in [4.69, 9.17) is 19.8 Å². The molecule has 0 atom stereocenters. The van der Waals surface area contributed by atoms with Gasteiger partial charge in [0.05, 0.1) is 0 Å². The van der Waals surface area contributed by atoms with Gasteiger partial charge in [-0.1, -0.05) is 27.2 Å². The first-order valence-electron chi connectivity index (χ1n) is 9.52. The van der Waals surface area contributed by atoms with Gasteiger partial charge in [0.2, 0.25) is 0 Å². The zero-order chi connectivity index (χ0) is 17.6. The number of aryl methyl sites for hydroxylation is 1. The molecule has 0 bridgehead atoms. The lowest BCUT2D eigenvalue weighted by Crippen LogP contribution is -2.21. The van der Waals surface area contributed by atoms with Gasteiger partial charge in [0, 0.05) is 38.3 Å². The average molecular weight is 343 g/mol. The Morgan fingerprint density at radius 2 is 2.04 bits per heavy atom. The minimum absolute atomic E-state index is 0.298. The van der Waals surface area contributed by atoms with Gasteiger partial charge < -0.3 is 4.74 Å². The van der Waals surface area contributed by atoms with Crippen molar-refractivity contribution < 1.29 is 4.74 Å². The van der Waals surface area contributed by atoms with Crippen LogP contribution in [0.25, 0.3) is 11.5 Å². The van der Waals surface area contributed by atoms with Crippen LogP contribution in [0.5, 0.6) is 0 Å². The van der Waals surface area contributed by atoms with E-state index in [1.807, 2.05) is 12.3 Å². The predicted molar refractivity (Wildman–Crippen MR) is 97.3 cm³/mol. The van der Waals surface area contributed by atoms with Crippen molar-refractivity contribution in [2.45, 2.75) is 65.3 Å². The van der Waals surface area contributed by atoms with Crippen molar-refractivity contribution >= 4 is 0 Å². The Morgan fingerprint density at radius 1 is 1.24 bits per heavy atom. The first-order valence-corrected chi connectivity index (χ1v) is 9.52. The third-order valence-corrected chi connectivity index (χ3v) is 4.66. The van der Waals surface area contributed by atoms with Crippen LogP contribution < -0.4 is 0 Å². The fraction of sp³-hybridized carbons (Fsp3) is 0.684. The van der Waals surface area contributed by atoms with Gasteiger partial charge in [-0.15, -0.1) is 0 Å². The standard InChI is InChI=1S/C19H29N5O/c1-4-5-6-17-22-19(16-7-10-20-18(21-16)14(2)3)24(23-17)13-15-8-11-25-12-9-15/h7,10,14-15H,4-6,8-9,11-13H2,1-3H3. The Hall–Kier alpha value is -1.82. The number of rotatable bonds is 7. The second-order valence-electron chi connectivity index (χ2n) is 7.15. The van der Waals surface area contributed by atoms with Crippen molar-refractivity contribution in [3.05, 3.63) is 23.9 Å². The molecule has 0 saturated carbocycles. The molecule has 1 aliphatic rings. The molecule has 0 unspecified atom stereocenters. The molecule has 0 spiro atoms. The molecule has 25 heavy (non-hydrogen) atoms. The Labute approximate surface area is 150 Å². The molecule has 3 rings (SSSR count). The molecule has 3 heterocycles. The third-order valence-electron chi connectivity index (χ3n) is 4.66. The maximum absolute atomic E-state index is 5.49. The maximum atomic E-state index is 5.49. The smallest absolute Gasteiger partial charge is 0.177 e. The van der Waals surface area contributed by atoms with Crippen LogP contribution in [-0.2, 0) is 17.7 Å². The van der Waals surface area contributed by atoms with Gasteiger partial charge in [-0.25, -0.2) is 19.6 Å². The summed E-state index contributed by atoms with van der Waals surface area (Å²) in [6, 6.07) is 1.94. The van der Waals surface area contributed by atoms with Crippen LogP contribution in [0.2, 0.25) is 0 Å². The molecule has 1 saturated heterocycles. The van der Waals surface area contributed by atoms with Crippen LogP contribution >= 0.6 is 0 Å². The van der Waals surface area contributed by atoms with E-state index in [2.05, 4.69) is 30.4 Å². The van der Waals surface area contributed by atoms with Gasteiger partial charge in [0.1, 0.15) is 11.5 Å². The summed E-state index contributed by atoms with van der Waals surface area (Å²) < 4.78 is 7.55. The Balaban J connectivity index is 1.89. The lowest BCUT2D eigenvalue weighted by molar-refractivity contribution is 0.0602. The second kappa shape index (κ2) is 8.52. The molecule has 1 fully saturated rings. The summed E-state index contributed by atoms with van der Waals surface area (Å²) >= 11 is 0. The molecule has 136 valence electrons. The van der Waals surface area contributed by atoms with Gasteiger partial charge in [0.25, 0.3) is 0 Å². The van der Waals surface area contributed by atoms with Gasteiger partial charge >= 0.3 is 0 Å². The summed E-state index contributed by atoms with van der Waals surface area (Å²) in [5, 5.41) is 4.80. The first kappa shape index (κ1) is 18.0. The van der Waals surface area contributed by atoms with Crippen LogP contribution in [0.1, 0.15) is 64.0 Å². The molecular weight excluding hydrogens is 314 g/mol. The highest BCUT2D eigenvalue weighted by Gasteiger charge is 2.20. The maximum Gasteiger partial charge on any atom is 0.177 e. The highest BCUT2D eigenvalue weighted by Crippen LogP contribution is 2.22. The van der Waals surface area contributed by atoms with Gasteiger partial charge in [-0.3, -0.25) is 0 Å². The van der Waals surface area contributed by atoms with Crippen LogP contribution in [0, 0.1) is 5.92 Å². The van der Waals surface area contributed by atoms with Crippen LogP contribution in [-0.4, -0.2) is 37.9 Å². The number of nitrogens with zero attached hydrogens (tertiary/aromatic N) is 5. The first-order chi connectivity index (χ1) is 12.2. The van der Waals surface area contributed by atoms with Crippen LogP contribution in [0.3, 0.4) is 0 Å². The molecule has 6 heteroatoms. The highest BCUT2D eigenvalue weighted by molar-refractivity contribution is 5.48. The topological polar surface area (TPSA) is 65.7 Å². The van der Waals surface area contributed by atoms with Crippen molar-refractivity contribution in [3.63, 3.8) is 0 Å². The summed E-state index contributed by atoms with van der Waals surface area (Å²) in [4.78, 5) is 13.9. The molecular formula is C19H29N5O. The van der Waals surface area contributed by atoms with Crippen molar-refractivity contribution in [2.24, 2.45) is 5.92 Å². The number of hydrogen-bond donors (Lipinski definition) is 0. The highest BCUT2D eigenvalue weighted by atomic mass is 16.5. The number of unbranched alkanes of at least 4 members (excludes halogenated alkanes) is 1. The monoisotopic (exact) mass is 343 g/mol. The fourth-order valence-electron chi connectivity index (χ4n) is 3.10. The molecule has 2 aromatic heterocycles. The molecule has 1 aliphatic heterocycles. The van der Waals surface area contributed by atoms with E-state index in [1.54, 1.807) is 0 Å². The molecule has 0 N–H and O–H groups in total. The SMILES string of the molecule is CCCCc1nc(-c2ccnc(C(C)C)n2)n(CC2CCOCC2)n1. The lowest BCUT2D eigenvalue weighted by atomic mass is 10.0. The van der Waals surface area contributed by atoms with Gasteiger partial charge in [-0.2, -0.15) is 5.10 Å². The van der Waals surface area contributed by atoms with Crippen molar-refractivity contribution in [2.75, 3.05) is 13.2 Å². The Bertz CT molecular complexity index is 676. The van der Waals surface area contributed by atoms with Crippen molar-refractivity contribution in [3.8, 4) is 11.5 Å². The largest absolute Gasteiger partial charge is 0.381 e. The summed E-state index contributed by atoms with van der Waals surface area (Å²) in [5.74, 6) is 3.55. The van der Waals surface area contributed by atoms with Gasteiger partial charge in [0.15, 0.2) is 11.6 Å². The van der Waals surface area contributed by atoms with Crippen molar-refractivity contribution in [1.29, 1.82) is 0 Å². The summed E-state index contributed by atoms with van der Waals surface area (Å²) in [7, 11) is 0. The quantitative estimate of drug-likeness (QED) is 0.768. The molecule has 6 nitrogen and oxygen atoms in total. The number of aromatic nitrogens is 5. The van der Waals surface area contributed by atoms with Crippen LogP contribution in [0.15, 0.2) is 12.3 Å². The normalized spacial score (nSPS) is 15.8. The lowest BCUT2D eigenvalue weighted by Gasteiger charge is -2.22. The minimum Gasteiger partial charge on any atom is -0.381 e.